The van der Waals surface area contributed by atoms with Crippen molar-refractivity contribution >= 4 is 39.1 Å². The van der Waals surface area contributed by atoms with Crippen LogP contribution in [0.2, 0.25) is 0 Å². The summed E-state index contributed by atoms with van der Waals surface area (Å²) in [5.74, 6) is -0.179. The van der Waals surface area contributed by atoms with E-state index in [4.69, 9.17) is 14.3 Å². The molecule has 8 heteroatoms. The van der Waals surface area contributed by atoms with Gasteiger partial charge in [0.25, 0.3) is 5.91 Å². The Bertz CT molecular complexity index is 1250. The van der Waals surface area contributed by atoms with E-state index in [2.05, 4.69) is 22.9 Å². The standard InChI is InChI=1S/C28H27BrN2O5/c1-3-4-16-35-22-15-10-18(17-23(22)34-2)25-24-26(36-31(25)21-8-6-5-7-9-21)28(33)30(27(24)32)20-13-11-19(29)12-14-20/h5-15,17,24-26H,3-4,16H2,1-2H3. The molecule has 2 amide bonds. The first-order chi connectivity index (χ1) is 17.5. The lowest BCUT2D eigenvalue weighted by atomic mass is 9.90. The van der Waals surface area contributed by atoms with E-state index >= 15 is 0 Å². The predicted molar refractivity (Wildman–Crippen MR) is 140 cm³/mol. The third kappa shape index (κ3) is 4.35. The fraction of sp³-hybridized carbons (Fsp3) is 0.286. The van der Waals surface area contributed by atoms with E-state index in [0.29, 0.717) is 23.8 Å². The van der Waals surface area contributed by atoms with Gasteiger partial charge in [0.2, 0.25) is 5.91 Å². The zero-order valence-corrected chi connectivity index (χ0v) is 21.7. The third-order valence-electron chi connectivity index (χ3n) is 6.50. The molecule has 3 aromatic rings. The van der Waals surface area contributed by atoms with E-state index in [1.165, 1.54) is 4.90 Å². The van der Waals surface area contributed by atoms with Crippen molar-refractivity contribution < 1.29 is 23.9 Å². The van der Waals surface area contributed by atoms with Crippen LogP contribution in [0.1, 0.15) is 31.4 Å². The summed E-state index contributed by atoms with van der Waals surface area (Å²) in [6.07, 6.45) is 1.04. The molecule has 3 unspecified atom stereocenters. The number of hydrogen-bond donors (Lipinski definition) is 0. The summed E-state index contributed by atoms with van der Waals surface area (Å²) in [6.45, 7) is 2.70. The van der Waals surface area contributed by atoms with Crippen molar-refractivity contribution in [2.24, 2.45) is 5.92 Å². The van der Waals surface area contributed by atoms with E-state index in [9.17, 15) is 9.59 Å². The number of unbranched alkanes of at least 4 members (excludes halogenated alkanes) is 1. The largest absolute Gasteiger partial charge is 0.493 e. The summed E-state index contributed by atoms with van der Waals surface area (Å²) >= 11 is 3.40. The van der Waals surface area contributed by atoms with Gasteiger partial charge in [-0.3, -0.25) is 14.4 Å². The van der Waals surface area contributed by atoms with Gasteiger partial charge < -0.3 is 9.47 Å². The van der Waals surface area contributed by atoms with Crippen LogP contribution in [0.25, 0.3) is 0 Å². The maximum Gasteiger partial charge on any atom is 0.266 e. The topological polar surface area (TPSA) is 68.3 Å². The Hall–Kier alpha value is -3.36. The second-order valence-corrected chi connectivity index (χ2v) is 9.67. The van der Waals surface area contributed by atoms with Crippen molar-refractivity contribution in [2.45, 2.75) is 31.9 Å². The molecule has 3 atom stereocenters. The van der Waals surface area contributed by atoms with E-state index in [0.717, 1.165) is 28.6 Å². The van der Waals surface area contributed by atoms with Crippen LogP contribution in [0.3, 0.4) is 0 Å². The minimum atomic E-state index is -0.933. The second-order valence-electron chi connectivity index (χ2n) is 8.76. The molecule has 2 heterocycles. The van der Waals surface area contributed by atoms with E-state index in [1.54, 1.807) is 36.4 Å². The van der Waals surface area contributed by atoms with Crippen LogP contribution in [0.15, 0.2) is 77.3 Å². The number of hydrogen-bond acceptors (Lipinski definition) is 6. The Morgan fingerprint density at radius 2 is 1.67 bits per heavy atom. The molecule has 2 aliphatic heterocycles. The van der Waals surface area contributed by atoms with Crippen LogP contribution in [0.4, 0.5) is 11.4 Å². The zero-order chi connectivity index (χ0) is 25.2. The molecule has 7 nitrogen and oxygen atoms in total. The number of fused-ring (bicyclic) bond motifs is 1. The first kappa shape index (κ1) is 24.3. The summed E-state index contributed by atoms with van der Waals surface area (Å²) in [6, 6.07) is 21.7. The first-order valence-corrected chi connectivity index (χ1v) is 12.8. The van der Waals surface area contributed by atoms with Crippen LogP contribution in [0, 0.1) is 5.92 Å². The molecule has 2 aliphatic rings. The molecule has 0 aliphatic carbocycles. The number of anilines is 2. The Labute approximate surface area is 218 Å². The number of methoxy groups -OCH3 is 1. The number of ether oxygens (including phenoxy) is 2. The number of imide groups is 1. The van der Waals surface area contributed by atoms with Gasteiger partial charge in [0.15, 0.2) is 17.6 Å². The maximum absolute atomic E-state index is 13.8. The van der Waals surface area contributed by atoms with Gasteiger partial charge in [-0.25, -0.2) is 9.96 Å². The van der Waals surface area contributed by atoms with Crippen molar-refractivity contribution in [3.8, 4) is 11.5 Å². The Morgan fingerprint density at radius 1 is 0.917 bits per heavy atom. The van der Waals surface area contributed by atoms with E-state index in [1.807, 2.05) is 48.5 Å². The Balaban J connectivity index is 1.54. The van der Waals surface area contributed by atoms with Gasteiger partial charge in [0.05, 0.1) is 31.1 Å². The number of carbonyl (C=O) groups excluding carboxylic acids is 2. The van der Waals surface area contributed by atoms with Gasteiger partial charge in [0.1, 0.15) is 5.92 Å². The van der Waals surface area contributed by atoms with Crippen LogP contribution in [0.5, 0.6) is 11.5 Å². The minimum Gasteiger partial charge on any atom is -0.493 e. The summed E-state index contributed by atoms with van der Waals surface area (Å²) in [5.41, 5.74) is 2.08. The molecule has 0 N–H and O–H groups in total. The van der Waals surface area contributed by atoms with Gasteiger partial charge in [-0.2, -0.15) is 0 Å². The smallest absolute Gasteiger partial charge is 0.266 e. The molecular formula is C28H27BrN2O5. The number of halogens is 1. The molecule has 0 saturated carbocycles. The van der Waals surface area contributed by atoms with Crippen LogP contribution < -0.4 is 19.4 Å². The van der Waals surface area contributed by atoms with Crippen LogP contribution in [-0.4, -0.2) is 31.6 Å². The number of para-hydroxylation sites is 1. The molecule has 3 aromatic carbocycles. The third-order valence-corrected chi connectivity index (χ3v) is 7.02. The normalized spacial score (nSPS) is 21.1. The van der Waals surface area contributed by atoms with Crippen molar-refractivity contribution in [3.63, 3.8) is 0 Å². The molecule has 0 radical (unpaired) electrons. The van der Waals surface area contributed by atoms with Crippen molar-refractivity contribution in [1.29, 1.82) is 0 Å². The monoisotopic (exact) mass is 550 g/mol. The van der Waals surface area contributed by atoms with Gasteiger partial charge in [-0.15, -0.1) is 0 Å². The van der Waals surface area contributed by atoms with Gasteiger partial charge >= 0.3 is 0 Å². The summed E-state index contributed by atoms with van der Waals surface area (Å²) in [4.78, 5) is 34.7. The highest BCUT2D eigenvalue weighted by Gasteiger charge is 2.60. The Kier molecular flexibility index (Phi) is 6.98. The van der Waals surface area contributed by atoms with E-state index < -0.39 is 18.1 Å². The molecule has 2 fully saturated rings. The Morgan fingerprint density at radius 3 is 2.36 bits per heavy atom. The molecule has 2 saturated heterocycles. The number of rotatable bonds is 8. The molecular weight excluding hydrogens is 524 g/mol. The average molecular weight is 551 g/mol. The van der Waals surface area contributed by atoms with Gasteiger partial charge in [-0.1, -0.05) is 53.5 Å². The fourth-order valence-corrected chi connectivity index (χ4v) is 4.98. The lowest BCUT2D eigenvalue weighted by molar-refractivity contribution is -0.126. The molecule has 0 bridgehead atoms. The minimum absolute atomic E-state index is 0.294. The highest BCUT2D eigenvalue weighted by molar-refractivity contribution is 9.10. The zero-order valence-electron chi connectivity index (χ0n) is 20.1. The summed E-state index contributed by atoms with van der Waals surface area (Å²) < 4.78 is 12.4. The van der Waals surface area contributed by atoms with Gasteiger partial charge in [-0.05, 0) is 60.5 Å². The number of nitrogens with zero attached hydrogens (tertiary/aromatic N) is 2. The second kappa shape index (κ2) is 10.3. The first-order valence-electron chi connectivity index (χ1n) is 12.0. The van der Waals surface area contributed by atoms with Crippen molar-refractivity contribution in [2.75, 3.05) is 23.7 Å². The van der Waals surface area contributed by atoms with Crippen LogP contribution >= 0.6 is 15.9 Å². The van der Waals surface area contributed by atoms with Gasteiger partial charge in [0, 0.05) is 4.47 Å². The van der Waals surface area contributed by atoms with Crippen molar-refractivity contribution in [3.05, 3.63) is 82.8 Å². The highest BCUT2D eigenvalue weighted by Crippen LogP contribution is 2.48. The predicted octanol–water partition coefficient (Wildman–Crippen LogP) is 5.69. The SMILES string of the molecule is CCCCOc1ccc(C2C3C(=O)N(c4ccc(Br)cc4)C(=O)C3ON2c2ccccc2)cc1OC. The lowest BCUT2D eigenvalue weighted by Crippen LogP contribution is -2.37. The number of hydroxylamine groups is 1. The quantitative estimate of drug-likeness (QED) is 0.265. The number of carbonyl (C=O) groups is 2. The molecule has 0 aromatic heterocycles. The molecule has 36 heavy (non-hydrogen) atoms. The number of amides is 2. The number of benzene rings is 3. The summed E-state index contributed by atoms with van der Waals surface area (Å²) in [5, 5.41) is 1.68. The highest BCUT2D eigenvalue weighted by atomic mass is 79.9. The lowest BCUT2D eigenvalue weighted by Gasteiger charge is -2.29. The molecule has 5 rings (SSSR count). The molecule has 0 spiro atoms. The summed E-state index contributed by atoms with van der Waals surface area (Å²) in [7, 11) is 1.59. The van der Waals surface area contributed by atoms with E-state index in [-0.39, 0.29) is 11.8 Å². The molecule has 186 valence electrons. The fourth-order valence-electron chi connectivity index (χ4n) is 4.71. The van der Waals surface area contributed by atoms with Crippen LogP contribution in [-0.2, 0) is 14.4 Å². The average Bonchev–Trinajstić information content (AvgIpc) is 3.41. The van der Waals surface area contributed by atoms with Crippen molar-refractivity contribution in [1.82, 2.24) is 0 Å². The maximum atomic E-state index is 13.8.